The second kappa shape index (κ2) is 3.12. The van der Waals surface area contributed by atoms with Crippen LogP contribution in [-0.2, 0) is 5.41 Å². The van der Waals surface area contributed by atoms with E-state index in [1.54, 1.807) is 0 Å². The predicted molar refractivity (Wildman–Crippen MR) is 75.6 cm³/mol. The second-order valence-corrected chi connectivity index (χ2v) is 6.82. The Labute approximate surface area is 112 Å². The third kappa shape index (κ3) is 1.07. The van der Waals surface area contributed by atoms with Crippen molar-refractivity contribution in [2.75, 3.05) is 0 Å². The van der Waals surface area contributed by atoms with Crippen LogP contribution in [-0.4, -0.2) is 0 Å². The largest absolute Gasteiger partial charge is 0.427 e. The molecule has 1 heterocycles. The Morgan fingerprint density at radius 2 is 1.84 bits per heavy atom. The lowest BCUT2D eigenvalue weighted by atomic mass is 9.70. The SMILES string of the molecule is CC12CCC(c3c1oc(=O)c1ccccc31)C2(C)C. The van der Waals surface area contributed by atoms with Gasteiger partial charge in [0, 0.05) is 11.0 Å². The van der Waals surface area contributed by atoms with Gasteiger partial charge in [0.2, 0.25) is 0 Å². The molecular weight excluding hydrogens is 236 g/mol. The van der Waals surface area contributed by atoms with E-state index >= 15 is 0 Å². The van der Waals surface area contributed by atoms with Crippen LogP contribution in [0.1, 0.15) is 50.9 Å². The van der Waals surface area contributed by atoms with Crippen LogP contribution < -0.4 is 5.63 Å². The summed E-state index contributed by atoms with van der Waals surface area (Å²) >= 11 is 0. The molecule has 2 aromatic rings. The van der Waals surface area contributed by atoms with E-state index < -0.39 is 0 Å². The van der Waals surface area contributed by atoms with Gasteiger partial charge in [-0.05, 0) is 35.6 Å². The van der Waals surface area contributed by atoms with Crippen molar-refractivity contribution in [2.45, 2.75) is 44.9 Å². The summed E-state index contributed by atoms with van der Waals surface area (Å²) in [6.45, 7) is 6.90. The molecule has 2 nitrogen and oxygen atoms in total. The van der Waals surface area contributed by atoms with Gasteiger partial charge in [0.05, 0.1) is 5.39 Å². The van der Waals surface area contributed by atoms with Gasteiger partial charge in [-0.15, -0.1) is 0 Å². The molecule has 1 saturated carbocycles. The summed E-state index contributed by atoms with van der Waals surface area (Å²) in [5, 5.41) is 1.84. The van der Waals surface area contributed by atoms with Crippen LogP contribution >= 0.6 is 0 Å². The molecule has 19 heavy (non-hydrogen) atoms. The molecule has 98 valence electrons. The standard InChI is InChI=1S/C17H18O2/c1-16(2)12-8-9-17(16,3)14-13(12)10-6-4-5-7-11(10)15(18)19-14/h4-7,12H,8-9H2,1-3H3. The zero-order valence-corrected chi connectivity index (χ0v) is 11.6. The quantitative estimate of drug-likeness (QED) is 0.712. The highest BCUT2D eigenvalue weighted by molar-refractivity contribution is 5.86. The lowest BCUT2D eigenvalue weighted by Crippen LogP contribution is -2.31. The number of rotatable bonds is 0. The summed E-state index contributed by atoms with van der Waals surface area (Å²) in [6.07, 6.45) is 2.33. The first-order chi connectivity index (χ1) is 8.97. The molecule has 1 aromatic heterocycles. The van der Waals surface area contributed by atoms with E-state index in [9.17, 15) is 4.79 Å². The van der Waals surface area contributed by atoms with Crippen molar-refractivity contribution in [3.63, 3.8) is 0 Å². The fraction of sp³-hybridized carbons (Fsp3) is 0.471. The predicted octanol–water partition coefficient (Wildman–Crippen LogP) is 3.97. The Morgan fingerprint density at radius 3 is 2.58 bits per heavy atom. The van der Waals surface area contributed by atoms with Crippen LogP contribution in [0.15, 0.2) is 33.5 Å². The number of benzene rings is 1. The summed E-state index contributed by atoms with van der Waals surface area (Å²) in [5.74, 6) is 1.47. The first-order valence-electron chi connectivity index (χ1n) is 7.03. The first-order valence-corrected chi connectivity index (χ1v) is 7.03. The summed E-state index contributed by atoms with van der Waals surface area (Å²) in [6, 6.07) is 7.88. The average molecular weight is 254 g/mol. The monoisotopic (exact) mass is 254 g/mol. The smallest absolute Gasteiger partial charge is 0.343 e. The molecule has 0 radical (unpaired) electrons. The summed E-state index contributed by atoms with van der Waals surface area (Å²) in [7, 11) is 0. The highest BCUT2D eigenvalue weighted by atomic mass is 16.4. The van der Waals surface area contributed by atoms with Gasteiger partial charge in [0.25, 0.3) is 0 Å². The lowest BCUT2D eigenvalue weighted by molar-refractivity contribution is 0.201. The minimum atomic E-state index is -0.182. The maximum Gasteiger partial charge on any atom is 0.343 e. The third-order valence-electron chi connectivity index (χ3n) is 5.95. The van der Waals surface area contributed by atoms with Crippen LogP contribution in [0.5, 0.6) is 0 Å². The average Bonchev–Trinajstić information content (AvgIpc) is 2.71. The Bertz CT molecular complexity index is 753. The van der Waals surface area contributed by atoms with Crippen molar-refractivity contribution >= 4 is 10.8 Å². The molecule has 0 saturated heterocycles. The van der Waals surface area contributed by atoms with Gasteiger partial charge in [-0.2, -0.15) is 0 Å². The van der Waals surface area contributed by atoms with Gasteiger partial charge < -0.3 is 4.42 Å². The highest BCUT2D eigenvalue weighted by Crippen LogP contribution is 2.68. The van der Waals surface area contributed by atoms with E-state index in [2.05, 4.69) is 26.8 Å². The van der Waals surface area contributed by atoms with Crippen molar-refractivity contribution in [3.8, 4) is 0 Å². The lowest BCUT2D eigenvalue weighted by Gasteiger charge is -2.33. The normalized spacial score (nSPS) is 30.8. The molecule has 1 aromatic carbocycles. The molecule has 0 aliphatic heterocycles. The maximum atomic E-state index is 12.2. The van der Waals surface area contributed by atoms with Crippen molar-refractivity contribution in [3.05, 3.63) is 46.0 Å². The van der Waals surface area contributed by atoms with Crippen LogP contribution in [0.25, 0.3) is 10.8 Å². The minimum Gasteiger partial charge on any atom is -0.427 e. The Hall–Kier alpha value is -1.57. The molecular formula is C17H18O2. The Kier molecular flexibility index (Phi) is 1.85. The topological polar surface area (TPSA) is 30.2 Å². The van der Waals surface area contributed by atoms with E-state index in [0.29, 0.717) is 5.92 Å². The first kappa shape index (κ1) is 11.3. The molecule has 0 amide bonds. The van der Waals surface area contributed by atoms with Gasteiger partial charge in [-0.25, -0.2) is 4.79 Å². The van der Waals surface area contributed by atoms with E-state index in [0.717, 1.165) is 23.0 Å². The van der Waals surface area contributed by atoms with Gasteiger partial charge in [0.15, 0.2) is 0 Å². The number of hydrogen-bond donors (Lipinski definition) is 0. The van der Waals surface area contributed by atoms with Gasteiger partial charge in [-0.1, -0.05) is 39.0 Å². The van der Waals surface area contributed by atoms with Crippen molar-refractivity contribution in [1.82, 2.24) is 0 Å². The molecule has 2 atom stereocenters. The third-order valence-corrected chi connectivity index (χ3v) is 5.95. The van der Waals surface area contributed by atoms with Crippen molar-refractivity contribution in [2.24, 2.45) is 5.41 Å². The number of hydrogen-bond acceptors (Lipinski definition) is 2. The second-order valence-electron chi connectivity index (χ2n) is 6.82. The van der Waals surface area contributed by atoms with Crippen LogP contribution in [0, 0.1) is 5.41 Å². The van der Waals surface area contributed by atoms with E-state index in [-0.39, 0.29) is 16.5 Å². The summed E-state index contributed by atoms with van der Waals surface area (Å²) < 4.78 is 5.75. The molecule has 2 aliphatic carbocycles. The molecule has 2 heteroatoms. The van der Waals surface area contributed by atoms with Crippen molar-refractivity contribution in [1.29, 1.82) is 0 Å². The zero-order chi connectivity index (χ0) is 13.4. The van der Waals surface area contributed by atoms with E-state index in [4.69, 9.17) is 4.42 Å². The Balaban J connectivity index is 2.20. The number of fused-ring (bicyclic) bond motifs is 7. The summed E-state index contributed by atoms with van der Waals surface area (Å²) in [4.78, 5) is 12.2. The summed E-state index contributed by atoms with van der Waals surface area (Å²) in [5.41, 5.74) is 1.30. The van der Waals surface area contributed by atoms with Gasteiger partial charge >= 0.3 is 5.63 Å². The zero-order valence-electron chi connectivity index (χ0n) is 11.6. The van der Waals surface area contributed by atoms with Gasteiger partial charge in [0.1, 0.15) is 5.76 Å². The Morgan fingerprint density at radius 1 is 1.16 bits per heavy atom. The van der Waals surface area contributed by atoms with Crippen LogP contribution in [0.3, 0.4) is 0 Å². The molecule has 1 fully saturated rings. The molecule has 0 spiro atoms. The van der Waals surface area contributed by atoms with Gasteiger partial charge in [-0.3, -0.25) is 0 Å². The van der Waals surface area contributed by atoms with E-state index in [1.807, 2.05) is 18.2 Å². The molecule has 0 N–H and O–H groups in total. The molecule has 2 aliphatic rings. The fourth-order valence-corrected chi connectivity index (χ4v) is 4.39. The fourth-order valence-electron chi connectivity index (χ4n) is 4.39. The van der Waals surface area contributed by atoms with Crippen molar-refractivity contribution < 1.29 is 4.42 Å². The highest BCUT2D eigenvalue weighted by Gasteiger charge is 2.61. The van der Waals surface area contributed by atoms with Crippen LogP contribution in [0.2, 0.25) is 0 Å². The van der Waals surface area contributed by atoms with Crippen LogP contribution in [0.4, 0.5) is 0 Å². The molecule has 2 unspecified atom stereocenters. The molecule has 4 rings (SSSR count). The maximum absolute atomic E-state index is 12.2. The van der Waals surface area contributed by atoms with E-state index in [1.165, 1.54) is 12.0 Å². The molecule has 2 bridgehead atoms. The minimum absolute atomic E-state index is 0.0101.